The molecule has 1 atom stereocenters. The van der Waals surface area contributed by atoms with E-state index in [2.05, 4.69) is 0 Å². The fourth-order valence-corrected chi connectivity index (χ4v) is 6.11. The summed E-state index contributed by atoms with van der Waals surface area (Å²) in [4.78, 5) is 10.2. The predicted molar refractivity (Wildman–Crippen MR) is 62.1 cm³/mol. The Hall–Kier alpha value is 0.520. The molecule has 0 unspecified atom stereocenters. The molecule has 0 radical (unpaired) electrons. The summed E-state index contributed by atoms with van der Waals surface area (Å²) in [5, 5.41) is 9.20. The van der Waals surface area contributed by atoms with Gasteiger partial charge in [0.2, 0.25) is 0 Å². The molecule has 76 valence electrons. The van der Waals surface area contributed by atoms with Crippen LogP contribution in [-0.2, 0) is 4.79 Å². The molecule has 0 aromatic heterocycles. The average molecular weight is 238 g/mol. The maximum atomic E-state index is 10.2. The Bertz CT molecular complexity index is 157. The van der Waals surface area contributed by atoms with Gasteiger partial charge in [-0.15, -0.1) is 0 Å². The van der Waals surface area contributed by atoms with Gasteiger partial charge in [-0.1, -0.05) is 28.0 Å². The Kier molecular flexibility index (Phi) is 6.15. The number of hydrogen-bond donors (Lipinski definition) is 1. The van der Waals surface area contributed by atoms with Crippen LogP contribution in [-0.4, -0.2) is 22.1 Å². The number of carbonyl (C=O) groups is 1. The zero-order chi connectivity index (χ0) is 9.52. The molecule has 0 aromatic carbocycles. The number of carboxylic acid groups (broad SMARTS) is 1. The SMILES string of the molecule is O=C(O)CCCC[C@H]1CCSSS1. The van der Waals surface area contributed by atoms with E-state index in [9.17, 15) is 4.79 Å². The lowest BCUT2D eigenvalue weighted by atomic mass is 10.1. The minimum absolute atomic E-state index is 0.333. The molecular weight excluding hydrogens is 224 g/mol. The van der Waals surface area contributed by atoms with Gasteiger partial charge in [0.1, 0.15) is 0 Å². The second-order valence-electron chi connectivity index (χ2n) is 3.04. The highest BCUT2D eigenvalue weighted by Gasteiger charge is 2.14. The number of carboxylic acids is 1. The summed E-state index contributed by atoms with van der Waals surface area (Å²) in [6.45, 7) is 0. The second kappa shape index (κ2) is 6.90. The van der Waals surface area contributed by atoms with E-state index in [1.807, 2.05) is 31.4 Å². The Morgan fingerprint density at radius 2 is 2.31 bits per heavy atom. The molecule has 0 spiro atoms. The van der Waals surface area contributed by atoms with Crippen LogP contribution in [0, 0.1) is 0 Å². The quantitative estimate of drug-likeness (QED) is 0.586. The number of hydrogen-bond acceptors (Lipinski definition) is 4. The third-order valence-corrected chi connectivity index (χ3v) is 6.65. The number of aliphatic carboxylic acids is 1. The fraction of sp³-hybridized carbons (Fsp3) is 0.875. The Morgan fingerprint density at radius 3 is 2.92 bits per heavy atom. The monoisotopic (exact) mass is 238 g/mol. The molecule has 0 bridgehead atoms. The topological polar surface area (TPSA) is 37.3 Å². The summed E-state index contributed by atoms with van der Waals surface area (Å²) >= 11 is 0. The molecule has 1 aliphatic heterocycles. The third kappa shape index (κ3) is 5.75. The van der Waals surface area contributed by atoms with Gasteiger partial charge < -0.3 is 5.11 Å². The smallest absolute Gasteiger partial charge is 0.303 e. The molecule has 13 heavy (non-hydrogen) atoms. The normalized spacial score (nSPS) is 22.9. The van der Waals surface area contributed by atoms with Crippen molar-refractivity contribution in [1.82, 2.24) is 0 Å². The van der Waals surface area contributed by atoms with Gasteiger partial charge in [0.25, 0.3) is 0 Å². The highest BCUT2D eigenvalue weighted by Crippen LogP contribution is 2.45. The molecule has 1 aliphatic rings. The van der Waals surface area contributed by atoms with Crippen LogP contribution in [0.1, 0.15) is 32.1 Å². The minimum Gasteiger partial charge on any atom is -0.481 e. The van der Waals surface area contributed by atoms with Gasteiger partial charge in [-0.2, -0.15) is 0 Å². The maximum absolute atomic E-state index is 10.2. The summed E-state index contributed by atoms with van der Waals surface area (Å²) in [6.07, 6.45) is 4.71. The first-order valence-electron chi connectivity index (χ1n) is 4.46. The molecule has 0 aliphatic carbocycles. The Morgan fingerprint density at radius 1 is 1.46 bits per heavy atom. The van der Waals surface area contributed by atoms with Gasteiger partial charge in [0.05, 0.1) is 0 Å². The van der Waals surface area contributed by atoms with Crippen molar-refractivity contribution in [2.45, 2.75) is 37.4 Å². The van der Waals surface area contributed by atoms with Crippen LogP contribution in [0.3, 0.4) is 0 Å². The molecule has 1 N–H and O–H groups in total. The summed E-state index contributed by atoms with van der Waals surface area (Å²) in [5.74, 6) is 0.586. The van der Waals surface area contributed by atoms with E-state index in [0.717, 1.165) is 18.1 Å². The lowest BCUT2D eigenvalue weighted by molar-refractivity contribution is -0.137. The van der Waals surface area contributed by atoms with E-state index < -0.39 is 5.97 Å². The Balaban J connectivity index is 1.95. The van der Waals surface area contributed by atoms with Crippen molar-refractivity contribution in [3.8, 4) is 0 Å². The molecule has 1 rings (SSSR count). The maximum Gasteiger partial charge on any atom is 0.303 e. The first kappa shape index (κ1) is 11.6. The van der Waals surface area contributed by atoms with Crippen molar-refractivity contribution < 1.29 is 9.90 Å². The fourth-order valence-electron chi connectivity index (χ4n) is 1.19. The van der Waals surface area contributed by atoms with Gasteiger partial charge in [-0.05, 0) is 29.1 Å². The lowest BCUT2D eigenvalue weighted by Gasteiger charge is -2.18. The van der Waals surface area contributed by atoms with Crippen molar-refractivity contribution in [1.29, 1.82) is 0 Å². The number of rotatable bonds is 5. The van der Waals surface area contributed by atoms with Crippen LogP contribution in [0.15, 0.2) is 0 Å². The van der Waals surface area contributed by atoms with Gasteiger partial charge in [-0.3, -0.25) is 4.79 Å². The van der Waals surface area contributed by atoms with Crippen LogP contribution in [0.25, 0.3) is 0 Å². The summed E-state index contributed by atoms with van der Waals surface area (Å²) in [6, 6.07) is 0. The highest BCUT2D eigenvalue weighted by atomic mass is 33.5. The zero-order valence-electron chi connectivity index (χ0n) is 7.40. The molecule has 0 amide bonds. The molecule has 1 saturated heterocycles. The van der Waals surface area contributed by atoms with Crippen LogP contribution in [0.5, 0.6) is 0 Å². The zero-order valence-corrected chi connectivity index (χ0v) is 9.85. The average Bonchev–Trinajstić information content (AvgIpc) is 2.14. The molecule has 0 aromatic rings. The molecule has 5 heteroatoms. The van der Waals surface area contributed by atoms with Gasteiger partial charge in [-0.25, -0.2) is 0 Å². The van der Waals surface area contributed by atoms with Crippen LogP contribution < -0.4 is 0 Å². The van der Waals surface area contributed by atoms with E-state index in [-0.39, 0.29) is 0 Å². The van der Waals surface area contributed by atoms with Crippen LogP contribution in [0.2, 0.25) is 0 Å². The molecular formula is C8H14O2S3. The van der Waals surface area contributed by atoms with E-state index in [0.29, 0.717) is 6.42 Å². The summed E-state index contributed by atoms with van der Waals surface area (Å²) in [5.41, 5.74) is 0. The van der Waals surface area contributed by atoms with Gasteiger partial charge in [0.15, 0.2) is 0 Å². The Labute approximate surface area is 90.4 Å². The predicted octanol–water partition coefficient (Wildman–Crippen LogP) is 3.43. The van der Waals surface area contributed by atoms with E-state index in [1.165, 1.54) is 18.6 Å². The minimum atomic E-state index is -0.666. The highest BCUT2D eigenvalue weighted by molar-refractivity contribution is 9.09. The third-order valence-electron chi connectivity index (χ3n) is 1.91. The van der Waals surface area contributed by atoms with Crippen molar-refractivity contribution >= 4 is 37.4 Å². The van der Waals surface area contributed by atoms with E-state index in [1.54, 1.807) is 0 Å². The van der Waals surface area contributed by atoms with Crippen molar-refractivity contribution in [2.75, 3.05) is 5.75 Å². The van der Waals surface area contributed by atoms with Crippen molar-refractivity contribution in [3.63, 3.8) is 0 Å². The van der Waals surface area contributed by atoms with E-state index >= 15 is 0 Å². The van der Waals surface area contributed by atoms with Gasteiger partial charge in [0, 0.05) is 17.4 Å². The largest absolute Gasteiger partial charge is 0.481 e. The van der Waals surface area contributed by atoms with Crippen molar-refractivity contribution in [2.24, 2.45) is 0 Å². The van der Waals surface area contributed by atoms with Crippen LogP contribution >= 0.6 is 31.4 Å². The molecule has 2 nitrogen and oxygen atoms in total. The first-order chi connectivity index (χ1) is 6.29. The molecule has 1 heterocycles. The van der Waals surface area contributed by atoms with Gasteiger partial charge >= 0.3 is 5.97 Å². The van der Waals surface area contributed by atoms with Crippen LogP contribution in [0.4, 0.5) is 0 Å². The number of unbranched alkanes of at least 4 members (excludes halogenated alkanes) is 1. The standard InChI is InChI=1S/C8H14O2S3/c9-8(10)4-2-1-3-7-5-6-11-13-12-7/h7H,1-6H2,(H,9,10)/t7-/m0/s1. The van der Waals surface area contributed by atoms with E-state index in [4.69, 9.17) is 5.11 Å². The molecule has 1 fully saturated rings. The molecule has 0 saturated carbocycles. The summed E-state index contributed by atoms with van der Waals surface area (Å²) < 4.78 is 0. The summed E-state index contributed by atoms with van der Waals surface area (Å²) in [7, 11) is 5.77. The first-order valence-corrected chi connectivity index (χ1v) is 8.17. The van der Waals surface area contributed by atoms with Crippen molar-refractivity contribution in [3.05, 3.63) is 0 Å². The lowest BCUT2D eigenvalue weighted by Crippen LogP contribution is -2.05. The second-order valence-corrected chi connectivity index (χ2v) is 7.59.